The molecule has 2 aliphatic heterocycles. The van der Waals surface area contributed by atoms with Gasteiger partial charge in [-0.2, -0.15) is 0 Å². The standard InChI is InChI=1S/C30H34N4O7S/c1-38-17-18-15-34(16-18)29(35)19-11-24(39-2)27(25(12-19)40-3)42(36,37)32-28-22-14-30(7-8-30)23-6-5-20(33-9-4-10-33)13-21(23)26(22)41-31-28/h5-6,11-13,18H,4,7-10,14-17H2,1-3H3,(H,31,32). The maximum atomic E-state index is 13.9. The zero-order chi connectivity index (χ0) is 29.2. The molecule has 1 amide bonds. The molecule has 2 aromatic carbocycles. The lowest BCUT2D eigenvalue weighted by molar-refractivity contribution is 0.0269. The summed E-state index contributed by atoms with van der Waals surface area (Å²) in [5.74, 6) is 0.810. The second kappa shape index (κ2) is 9.91. The first kappa shape index (κ1) is 27.1. The number of hydrogen-bond donors (Lipinski definition) is 1. The summed E-state index contributed by atoms with van der Waals surface area (Å²) in [6.45, 7) is 3.77. The zero-order valence-corrected chi connectivity index (χ0v) is 24.8. The number of rotatable bonds is 9. The predicted octanol–water partition coefficient (Wildman–Crippen LogP) is 3.68. The van der Waals surface area contributed by atoms with Crippen LogP contribution in [0.15, 0.2) is 39.8 Å². The SMILES string of the molecule is COCC1CN(C(=O)c2cc(OC)c(S(=O)(=O)Nc3noc4c3CC3(CC3)c3ccc(N5CCC5)cc3-4)c(OC)c2)C1. The molecule has 1 N–H and O–H groups in total. The van der Waals surface area contributed by atoms with Gasteiger partial charge in [-0.15, -0.1) is 0 Å². The van der Waals surface area contributed by atoms with E-state index < -0.39 is 10.0 Å². The second-order valence-electron chi connectivity index (χ2n) is 11.7. The van der Waals surface area contributed by atoms with Gasteiger partial charge in [0.25, 0.3) is 15.9 Å². The normalized spacial score (nSPS) is 18.5. The number of sulfonamides is 1. The van der Waals surface area contributed by atoms with Gasteiger partial charge in [-0.05, 0) is 55.5 Å². The van der Waals surface area contributed by atoms with Crippen molar-refractivity contribution >= 4 is 27.4 Å². The summed E-state index contributed by atoms with van der Waals surface area (Å²) in [5.41, 5.74) is 4.36. The van der Waals surface area contributed by atoms with Crippen LogP contribution < -0.4 is 19.1 Å². The Bertz CT molecular complexity index is 1650. The van der Waals surface area contributed by atoms with Crippen molar-refractivity contribution in [1.29, 1.82) is 0 Å². The summed E-state index contributed by atoms with van der Waals surface area (Å²) in [6, 6.07) is 9.40. The Balaban J connectivity index is 1.21. The number of likely N-dealkylation sites (tertiary alicyclic amines) is 1. The van der Waals surface area contributed by atoms with Crippen molar-refractivity contribution in [3.8, 4) is 22.8 Å². The highest BCUT2D eigenvalue weighted by Gasteiger charge is 2.51. The van der Waals surface area contributed by atoms with Crippen molar-refractivity contribution in [1.82, 2.24) is 10.1 Å². The topological polar surface area (TPSA) is 123 Å². The fraction of sp³-hybridized carbons (Fsp3) is 0.467. The number of ether oxygens (including phenoxy) is 3. The second-order valence-corrected chi connectivity index (χ2v) is 13.3. The van der Waals surface area contributed by atoms with Crippen molar-refractivity contribution in [3.05, 3.63) is 47.0 Å². The first-order valence-electron chi connectivity index (χ1n) is 14.2. The Hall–Kier alpha value is -3.77. The molecular weight excluding hydrogens is 560 g/mol. The monoisotopic (exact) mass is 594 g/mol. The highest BCUT2D eigenvalue weighted by atomic mass is 32.2. The number of methoxy groups -OCH3 is 3. The molecule has 11 nitrogen and oxygen atoms in total. The molecular formula is C30H34N4O7S. The van der Waals surface area contributed by atoms with Crippen LogP contribution in [0.3, 0.4) is 0 Å². The van der Waals surface area contributed by atoms with Crippen LogP contribution in [-0.4, -0.2) is 78.5 Å². The third-order valence-electron chi connectivity index (χ3n) is 9.05. The molecule has 222 valence electrons. The van der Waals surface area contributed by atoms with Gasteiger partial charge >= 0.3 is 0 Å². The molecule has 0 unspecified atom stereocenters. The van der Waals surface area contributed by atoms with Gasteiger partial charge in [0, 0.05) is 67.0 Å². The third-order valence-corrected chi connectivity index (χ3v) is 10.5. The van der Waals surface area contributed by atoms with Crippen molar-refractivity contribution in [2.45, 2.75) is 36.0 Å². The zero-order valence-electron chi connectivity index (χ0n) is 23.9. The number of nitrogens with zero attached hydrogens (tertiary/aromatic N) is 3. The van der Waals surface area contributed by atoms with Gasteiger partial charge in [0.1, 0.15) is 11.5 Å². The molecule has 0 atom stereocenters. The van der Waals surface area contributed by atoms with Gasteiger partial charge in [0.15, 0.2) is 16.5 Å². The number of carbonyl (C=O) groups is 1. The molecule has 2 aliphatic carbocycles. The largest absolute Gasteiger partial charge is 0.495 e. The van der Waals surface area contributed by atoms with Crippen molar-refractivity contribution in [2.24, 2.45) is 5.92 Å². The molecule has 0 bridgehead atoms. The lowest BCUT2D eigenvalue weighted by atomic mass is 9.79. The minimum absolute atomic E-state index is 0.000253. The van der Waals surface area contributed by atoms with Gasteiger partial charge in [0.2, 0.25) is 0 Å². The molecule has 1 saturated carbocycles. The number of carbonyl (C=O) groups excluding carboxylic acids is 1. The molecule has 12 heteroatoms. The van der Waals surface area contributed by atoms with Crippen molar-refractivity contribution in [2.75, 3.05) is 63.7 Å². The molecule has 4 aliphatic rings. The van der Waals surface area contributed by atoms with E-state index >= 15 is 0 Å². The van der Waals surface area contributed by atoms with E-state index in [4.69, 9.17) is 18.7 Å². The molecule has 42 heavy (non-hydrogen) atoms. The van der Waals surface area contributed by atoms with Crippen LogP contribution in [0, 0.1) is 5.92 Å². The summed E-state index contributed by atoms with van der Waals surface area (Å²) in [7, 11) is 0.105. The number of anilines is 2. The quantitative estimate of drug-likeness (QED) is 0.395. The molecule has 2 saturated heterocycles. The van der Waals surface area contributed by atoms with Crippen LogP contribution in [0.1, 0.15) is 40.7 Å². The average Bonchev–Trinajstić information content (AvgIpc) is 3.60. The maximum absolute atomic E-state index is 13.9. The molecule has 1 spiro atoms. The van der Waals surface area contributed by atoms with E-state index in [2.05, 4.69) is 33.0 Å². The summed E-state index contributed by atoms with van der Waals surface area (Å²) in [4.78, 5) is 16.9. The Morgan fingerprint density at radius 3 is 2.40 bits per heavy atom. The Kier molecular flexibility index (Phi) is 6.39. The minimum atomic E-state index is -4.26. The number of nitrogens with one attached hydrogen (secondary N) is 1. The summed E-state index contributed by atoms with van der Waals surface area (Å²) >= 11 is 0. The maximum Gasteiger partial charge on any atom is 0.270 e. The predicted molar refractivity (Wildman–Crippen MR) is 155 cm³/mol. The van der Waals surface area contributed by atoms with Gasteiger partial charge in [-0.1, -0.05) is 11.2 Å². The van der Waals surface area contributed by atoms with E-state index in [0.29, 0.717) is 31.9 Å². The molecule has 3 heterocycles. The summed E-state index contributed by atoms with van der Waals surface area (Å²) in [5, 5.41) is 4.20. The van der Waals surface area contributed by atoms with Gasteiger partial charge in [-0.3, -0.25) is 9.52 Å². The summed E-state index contributed by atoms with van der Waals surface area (Å²) in [6.07, 6.45) is 3.87. The van der Waals surface area contributed by atoms with Crippen LogP contribution in [0.4, 0.5) is 11.5 Å². The van der Waals surface area contributed by atoms with E-state index in [1.807, 2.05) is 0 Å². The highest BCUT2D eigenvalue weighted by molar-refractivity contribution is 7.93. The van der Waals surface area contributed by atoms with Crippen molar-refractivity contribution < 1.29 is 31.9 Å². The molecule has 3 aromatic rings. The Morgan fingerprint density at radius 1 is 1.10 bits per heavy atom. The van der Waals surface area contributed by atoms with Crippen LogP contribution in [0.25, 0.3) is 11.3 Å². The van der Waals surface area contributed by atoms with Crippen LogP contribution in [0.5, 0.6) is 11.5 Å². The first-order valence-corrected chi connectivity index (χ1v) is 15.7. The molecule has 7 rings (SSSR count). The minimum Gasteiger partial charge on any atom is -0.495 e. The smallest absolute Gasteiger partial charge is 0.270 e. The number of aromatic nitrogens is 1. The van der Waals surface area contributed by atoms with Crippen molar-refractivity contribution in [3.63, 3.8) is 0 Å². The number of benzene rings is 2. The third kappa shape index (κ3) is 4.30. The van der Waals surface area contributed by atoms with Crippen LogP contribution in [0.2, 0.25) is 0 Å². The first-order chi connectivity index (χ1) is 20.3. The van der Waals surface area contributed by atoms with E-state index in [1.165, 1.54) is 38.3 Å². The number of hydrogen-bond acceptors (Lipinski definition) is 9. The lowest BCUT2D eigenvalue weighted by Crippen LogP contribution is -2.51. The number of amides is 1. The van der Waals surface area contributed by atoms with Crippen LogP contribution in [-0.2, 0) is 26.6 Å². The molecule has 3 fully saturated rings. The Labute approximate surface area is 244 Å². The van der Waals surface area contributed by atoms with Gasteiger partial charge in [0.05, 0.1) is 20.8 Å². The van der Waals surface area contributed by atoms with E-state index in [-0.39, 0.29) is 45.0 Å². The van der Waals surface area contributed by atoms with E-state index in [9.17, 15) is 13.2 Å². The average molecular weight is 595 g/mol. The highest BCUT2D eigenvalue weighted by Crippen LogP contribution is 2.59. The molecule has 0 radical (unpaired) electrons. The van der Waals surface area contributed by atoms with Gasteiger partial charge in [-0.25, -0.2) is 8.42 Å². The molecule has 1 aromatic heterocycles. The van der Waals surface area contributed by atoms with Crippen LogP contribution >= 0.6 is 0 Å². The fourth-order valence-corrected chi connectivity index (χ4v) is 7.79. The van der Waals surface area contributed by atoms with E-state index in [1.54, 1.807) is 12.0 Å². The van der Waals surface area contributed by atoms with Gasteiger partial charge < -0.3 is 28.5 Å². The van der Waals surface area contributed by atoms with E-state index in [0.717, 1.165) is 42.7 Å². The Morgan fingerprint density at radius 2 is 1.81 bits per heavy atom. The lowest BCUT2D eigenvalue weighted by Gasteiger charge is -2.39. The fourth-order valence-electron chi connectivity index (χ4n) is 6.46. The number of fused-ring (bicyclic) bond motifs is 4. The summed E-state index contributed by atoms with van der Waals surface area (Å²) < 4.78 is 52.4.